The van der Waals surface area contributed by atoms with Gasteiger partial charge in [0.15, 0.2) is 0 Å². The van der Waals surface area contributed by atoms with Gasteiger partial charge in [-0.2, -0.15) is 0 Å². The molecule has 2 heterocycles. The zero-order chi connectivity index (χ0) is 13.0. The molecule has 1 aromatic heterocycles. The fourth-order valence-corrected chi connectivity index (χ4v) is 2.25. The second kappa shape index (κ2) is 6.10. The second-order valence-corrected chi connectivity index (χ2v) is 5.05. The average Bonchev–Trinajstić information content (AvgIpc) is 2.84. The molecule has 1 aromatic rings. The molecule has 0 spiro atoms. The molecule has 18 heavy (non-hydrogen) atoms. The lowest BCUT2D eigenvalue weighted by Gasteiger charge is -2.14. The molecule has 0 bridgehead atoms. The van der Waals surface area contributed by atoms with E-state index in [-0.39, 0.29) is 11.6 Å². The minimum absolute atomic E-state index is 0.0856. The first-order valence-electron chi connectivity index (χ1n) is 5.82. The van der Waals surface area contributed by atoms with Crippen LogP contribution in [0.1, 0.15) is 12.8 Å². The molecule has 1 aliphatic rings. The third-order valence-corrected chi connectivity index (χ3v) is 3.27. The molecule has 7 heteroatoms. The van der Waals surface area contributed by atoms with E-state index >= 15 is 0 Å². The van der Waals surface area contributed by atoms with Gasteiger partial charge in [0.25, 0.3) is 5.88 Å². The molecule has 0 saturated carbocycles. The molecule has 6 nitrogen and oxygen atoms in total. The first-order chi connectivity index (χ1) is 8.66. The van der Waals surface area contributed by atoms with Crippen molar-refractivity contribution in [2.24, 2.45) is 0 Å². The lowest BCUT2D eigenvalue weighted by molar-refractivity contribution is -0.386. The number of aromatic nitrogens is 1. The van der Waals surface area contributed by atoms with Gasteiger partial charge in [0.2, 0.25) is 0 Å². The second-order valence-electron chi connectivity index (χ2n) is 4.13. The van der Waals surface area contributed by atoms with Gasteiger partial charge in [-0.15, -0.1) is 0 Å². The molecule has 0 aliphatic carbocycles. The lowest BCUT2D eigenvalue weighted by Crippen LogP contribution is -2.25. The number of rotatable bonds is 5. The Bertz CT molecular complexity index is 436. The summed E-state index contributed by atoms with van der Waals surface area (Å²) >= 11 is 3.16. The van der Waals surface area contributed by atoms with Crippen molar-refractivity contribution in [2.75, 3.05) is 26.2 Å². The van der Waals surface area contributed by atoms with E-state index in [2.05, 4.69) is 25.8 Å². The summed E-state index contributed by atoms with van der Waals surface area (Å²) in [5.41, 5.74) is -0.106. The van der Waals surface area contributed by atoms with Crippen molar-refractivity contribution in [3.05, 3.63) is 26.9 Å². The van der Waals surface area contributed by atoms with E-state index < -0.39 is 4.92 Å². The van der Waals surface area contributed by atoms with Gasteiger partial charge >= 0.3 is 5.69 Å². The summed E-state index contributed by atoms with van der Waals surface area (Å²) in [5.74, 6) is 0.0856. The molecular formula is C11H14BrN3O3. The van der Waals surface area contributed by atoms with Crippen LogP contribution in [-0.2, 0) is 0 Å². The van der Waals surface area contributed by atoms with Gasteiger partial charge in [-0.1, -0.05) is 0 Å². The van der Waals surface area contributed by atoms with Crippen LogP contribution in [0.25, 0.3) is 0 Å². The molecule has 2 rings (SSSR count). The summed E-state index contributed by atoms with van der Waals surface area (Å²) in [7, 11) is 0. The van der Waals surface area contributed by atoms with Crippen molar-refractivity contribution in [1.29, 1.82) is 0 Å². The van der Waals surface area contributed by atoms with Gasteiger partial charge in [0, 0.05) is 23.3 Å². The van der Waals surface area contributed by atoms with Gasteiger partial charge in [0.1, 0.15) is 6.61 Å². The van der Waals surface area contributed by atoms with Gasteiger partial charge in [-0.05, 0) is 41.9 Å². The predicted octanol–water partition coefficient (Wildman–Crippen LogP) is 2.23. The maximum atomic E-state index is 10.8. The zero-order valence-corrected chi connectivity index (χ0v) is 11.4. The Morgan fingerprint density at radius 2 is 2.22 bits per heavy atom. The van der Waals surface area contributed by atoms with E-state index in [1.54, 1.807) is 0 Å². The Morgan fingerprint density at radius 1 is 1.50 bits per heavy atom. The largest absolute Gasteiger partial charge is 0.471 e. The van der Waals surface area contributed by atoms with E-state index in [4.69, 9.17) is 4.74 Å². The fourth-order valence-electron chi connectivity index (χ4n) is 1.94. The SMILES string of the molecule is O=[N+]([O-])c1cc(Br)cnc1OCCN1CCCC1. The normalized spacial score (nSPS) is 15.8. The van der Waals surface area contributed by atoms with Crippen molar-refractivity contribution in [1.82, 2.24) is 9.88 Å². The smallest absolute Gasteiger partial charge is 0.332 e. The molecule has 0 radical (unpaired) electrons. The van der Waals surface area contributed by atoms with Gasteiger partial charge in [-0.25, -0.2) is 4.98 Å². The number of likely N-dealkylation sites (tertiary alicyclic amines) is 1. The van der Waals surface area contributed by atoms with E-state index in [1.165, 1.54) is 25.1 Å². The molecule has 0 N–H and O–H groups in total. The summed E-state index contributed by atoms with van der Waals surface area (Å²) < 4.78 is 5.97. The van der Waals surface area contributed by atoms with Gasteiger partial charge in [0.05, 0.1) is 4.92 Å². The molecular weight excluding hydrogens is 302 g/mol. The van der Waals surface area contributed by atoms with Crippen molar-refractivity contribution in [2.45, 2.75) is 12.8 Å². The summed E-state index contributed by atoms with van der Waals surface area (Å²) in [4.78, 5) is 16.6. The molecule has 0 amide bonds. The molecule has 1 saturated heterocycles. The average molecular weight is 316 g/mol. The van der Waals surface area contributed by atoms with Crippen LogP contribution >= 0.6 is 15.9 Å². The van der Waals surface area contributed by atoms with Crippen molar-refractivity contribution in [3.63, 3.8) is 0 Å². The van der Waals surface area contributed by atoms with E-state index in [0.29, 0.717) is 11.1 Å². The van der Waals surface area contributed by atoms with Crippen LogP contribution in [0.4, 0.5) is 5.69 Å². The molecule has 0 atom stereocenters. The highest BCUT2D eigenvalue weighted by Gasteiger charge is 2.18. The predicted molar refractivity (Wildman–Crippen MR) is 69.8 cm³/mol. The van der Waals surface area contributed by atoms with Gasteiger partial charge in [-0.3, -0.25) is 15.0 Å². The Labute approximate surface area is 113 Å². The van der Waals surface area contributed by atoms with Crippen LogP contribution in [-0.4, -0.2) is 41.0 Å². The fraction of sp³-hybridized carbons (Fsp3) is 0.545. The number of halogens is 1. The quantitative estimate of drug-likeness (QED) is 0.615. The highest BCUT2D eigenvalue weighted by atomic mass is 79.9. The number of hydrogen-bond donors (Lipinski definition) is 0. The van der Waals surface area contributed by atoms with Gasteiger partial charge < -0.3 is 4.74 Å². The van der Waals surface area contributed by atoms with Crippen molar-refractivity contribution in [3.8, 4) is 5.88 Å². The van der Waals surface area contributed by atoms with E-state index in [0.717, 1.165) is 19.6 Å². The maximum Gasteiger partial charge on any atom is 0.332 e. The Hall–Kier alpha value is -1.21. The van der Waals surface area contributed by atoms with Crippen LogP contribution in [0, 0.1) is 10.1 Å². The van der Waals surface area contributed by atoms with Crippen LogP contribution in [0.5, 0.6) is 5.88 Å². The topological polar surface area (TPSA) is 68.5 Å². The number of ether oxygens (including phenoxy) is 1. The minimum atomic E-state index is -0.483. The van der Waals surface area contributed by atoms with Crippen molar-refractivity contribution >= 4 is 21.6 Å². The number of nitrogens with zero attached hydrogens (tertiary/aromatic N) is 3. The first-order valence-corrected chi connectivity index (χ1v) is 6.61. The number of pyridine rings is 1. The zero-order valence-electron chi connectivity index (χ0n) is 9.84. The summed E-state index contributed by atoms with van der Waals surface area (Å²) in [6.07, 6.45) is 3.94. The Kier molecular flexibility index (Phi) is 4.48. The van der Waals surface area contributed by atoms with E-state index in [9.17, 15) is 10.1 Å². The Morgan fingerprint density at radius 3 is 2.89 bits per heavy atom. The molecule has 0 aromatic carbocycles. The molecule has 98 valence electrons. The first kappa shape index (κ1) is 13.2. The van der Waals surface area contributed by atoms with Crippen LogP contribution in [0.3, 0.4) is 0 Å². The highest BCUT2D eigenvalue weighted by Crippen LogP contribution is 2.27. The minimum Gasteiger partial charge on any atom is -0.471 e. The molecule has 1 fully saturated rings. The summed E-state index contributed by atoms with van der Waals surface area (Å²) in [6.45, 7) is 3.38. The van der Waals surface area contributed by atoms with Crippen LogP contribution < -0.4 is 4.74 Å². The lowest BCUT2D eigenvalue weighted by atomic mass is 10.4. The maximum absolute atomic E-state index is 10.8. The Balaban J connectivity index is 1.93. The van der Waals surface area contributed by atoms with Crippen LogP contribution in [0.2, 0.25) is 0 Å². The number of hydrogen-bond acceptors (Lipinski definition) is 5. The van der Waals surface area contributed by atoms with Crippen molar-refractivity contribution < 1.29 is 9.66 Å². The number of nitro groups is 1. The standard InChI is InChI=1S/C11H14BrN3O3/c12-9-7-10(15(16)17)11(13-8-9)18-6-5-14-3-1-2-4-14/h7-8H,1-6H2. The van der Waals surface area contributed by atoms with Crippen LogP contribution in [0.15, 0.2) is 16.7 Å². The molecule has 0 unspecified atom stereocenters. The third kappa shape index (κ3) is 3.39. The third-order valence-electron chi connectivity index (χ3n) is 2.84. The highest BCUT2D eigenvalue weighted by molar-refractivity contribution is 9.10. The monoisotopic (exact) mass is 315 g/mol. The summed E-state index contributed by atoms with van der Waals surface area (Å²) in [6, 6.07) is 1.40. The molecule has 1 aliphatic heterocycles. The summed E-state index contributed by atoms with van der Waals surface area (Å²) in [5, 5.41) is 10.8. The van der Waals surface area contributed by atoms with E-state index in [1.807, 2.05) is 0 Å².